The van der Waals surface area contributed by atoms with E-state index in [-0.39, 0.29) is 24.0 Å². The Bertz CT molecular complexity index is 507. The van der Waals surface area contributed by atoms with Crippen molar-refractivity contribution in [2.75, 3.05) is 38.1 Å². The van der Waals surface area contributed by atoms with Crippen molar-refractivity contribution >= 4 is 51.6 Å². The van der Waals surface area contributed by atoms with Crippen LogP contribution >= 0.6 is 39.9 Å². The van der Waals surface area contributed by atoms with Crippen molar-refractivity contribution in [3.05, 3.63) is 41.4 Å². The van der Waals surface area contributed by atoms with Crippen LogP contribution in [-0.4, -0.2) is 39.2 Å². The second kappa shape index (κ2) is 10.1. The Morgan fingerprint density at radius 3 is 3.00 bits per heavy atom. The molecule has 6 heteroatoms. The van der Waals surface area contributed by atoms with Gasteiger partial charge in [0.15, 0.2) is 5.96 Å². The highest BCUT2D eigenvalue weighted by molar-refractivity contribution is 14.0. The fraction of sp³-hybridized carbons (Fsp3) is 0.438. The number of aliphatic imine (C=N–C) groups is 1. The van der Waals surface area contributed by atoms with Crippen molar-refractivity contribution in [2.45, 2.75) is 6.42 Å². The molecule has 1 fully saturated rings. The highest BCUT2D eigenvalue weighted by atomic mass is 127. The summed E-state index contributed by atoms with van der Waals surface area (Å²) in [5.41, 5.74) is 1.29. The van der Waals surface area contributed by atoms with Crippen LogP contribution in [0.2, 0.25) is 0 Å². The maximum absolute atomic E-state index is 4.20. The number of hydrogen-bond acceptors (Lipinski definition) is 2. The lowest BCUT2D eigenvalue weighted by atomic mass is 10.1. The minimum Gasteiger partial charge on any atom is -0.371 e. The van der Waals surface area contributed by atoms with E-state index in [9.17, 15) is 0 Å². The van der Waals surface area contributed by atoms with E-state index in [1.165, 1.54) is 12.1 Å². The van der Waals surface area contributed by atoms with Gasteiger partial charge in [-0.2, -0.15) is 0 Å². The third kappa shape index (κ3) is 5.79. The van der Waals surface area contributed by atoms with Crippen LogP contribution < -0.4 is 15.5 Å². The second-order valence-electron chi connectivity index (χ2n) is 5.20. The highest BCUT2D eigenvalue weighted by Crippen LogP contribution is 2.25. The van der Waals surface area contributed by atoms with Crippen LogP contribution in [-0.2, 0) is 0 Å². The standard InChI is InChI=1S/C16H23BrN4.HI/c1-3-8-19-16(18-2)20-11-13-7-9-21(12-13)15-6-4-5-14(17)10-15;/h3-6,10,13H,1,7-9,11-12H2,2H3,(H2,18,19,20);1H. The zero-order valence-electron chi connectivity index (χ0n) is 12.9. The number of nitrogens with zero attached hydrogens (tertiary/aromatic N) is 2. The van der Waals surface area contributed by atoms with Crippen molar-refractivity contribution in [3.8, 4) is 0 Å². The van der Waals surface area contributed by atoms with Gasteiger partial charge >= 0.3 is 0 Å². The van der Waals surface area contributed by atoms with Gasteiger partial charge < -0.3 is 15.5 Å². The maximum Gasteiger partial charge on any atom is 0.191 e. The molecule has 2 N–H and O–H groups in total. The highest BCUT2D eigenvalue weighted by Gasteiger charge is 2.22. The summed E-state index contributed by atoms with van der Waals surface area (Å²) in [6, 6.07) is 8.51. The molecule has 1 aliphatic heterocycles. The van der Waals surface area contributed by atoms with Crippen LogP contribution in [0.5, 0.6) is 0 Å². The van der Waals surface area contributed by atoms with Crippen molar-refractivity contribution in [1.29, 1.82) is 0 Å². The number of halogens is 2. The molecule has 1 atom stereocenters. The minimum absolute atomic E-state index is 0. The molecule has 2 rings (SSSR count). The molecule has 4 nitrogen and oxygen atoms in total. The van der Waals surface area contributed by atoms with Gasteiger partial charge in [-0.25, -0.2) is 0 Å². The molecule has 1 aromatic carbocycles. The Morgan fingerprint density at radius 1 is 1.50 bits per heavy atom. The van der Waals surface area contributed by atoms with Crippen molar-refractivity contribution < 1.29 is 0 Å². The average Bonchev–Trinajstić information content (AvgIpc) is 2.96. The molecule has 1 unspecified atom stereocenters. The number of anilines is 1. The number of guanidine groups is 1. The Balaban J connectivity index is 0.00000242. The van der Waals surface area contributed by atoms with Gasteiger partial charge in [-0.05, 0) is 30.5 Å². The van der Waals surface area contributed by atoms with Crippen LogP contribution in [0.3, 0.4) is 0 Å². The molecule has 122 valence electrons. The molecular weight excluding hydrogens is 455 g/mol. The van der Waals surface area contributed by atoms with Gasteiger partial charge in [0.05, 0.1) is 0 Å². The summed E-state index contributed by atoms with van der Waals surface area (Å²) in [7, 11) is 1.79. The van der Waals surface area contributed by atoms with Crippen molar-refractivity contribution in [3.63, 3.8) is 0 Å². The Morgan fingerprint density at radius 2 is 2.32 bits per heavy atom. The molecule has 22 heavy (non-hydrogen) atoms. The minimum atomic E-state index is 0. The summed E-state index contributed by atoms with van der Waals surface area (Å²) in [4.78, 5) is 6.64. The van der Waals surface area contributed by atoms with Crippen molar-refractivity contribution in [1.82, 2.24) is 10.6 Å². The molecule has 0 bridgehead atoms. The van der Waals surface area contributed by atoms with Gasteiger partial charge in [0, 0.05) is 43.4 Å². The first-order valence-electron chi connectivity index (χ1n) is 7.29. The smallest absolute Gasteiger partial charge is 0.191 e. The Labute approximate surface area is 158 Å². The van der Waals surface area contributed by atoms with Crippen LogP contribution in [0.1, 0.15) is 6.42 Å². The van der Waals surface area contributed by atoms with E-state index in [1.807, 2.05) is 6.08 Å². The van der Waals surface area contributed by atoms with Gasteiger partial charge in [-0.1, -0.05) is 28.1 Å². The van der Waals surface area contributed by atoms with E-state index in [1.54, 1.807) is 7.05 Å². The zero-order chi connectivity index (χ0) is 15.1. The fourth-order valence-corrected chi connectivity index (χ4v) is 2.92. The summed E-state index contributed by atoms with van der Waals surface area (Å²) in [5, 5.41) is 6.58. The fourth-order valence-electron chi connectivity index (χ4n) is 2.54. The molecular formula is C16H24BrIN4. The van der Waals surface area contributed by atoms with Crippen molar-refractivity contribution in [2.24, 2.45) is 10.9 Å². The largest absolute Gasteiger partial charge is 0.371 e. The molecule has 0 amide bonds. The van der Waals surface area contributed by atoms with Gasteiger partial charge in [0.25, 0.3) is 0 Å². The second-order valence-corrected chi connectivity index (χ2v) is 6.12. The monoisotopic (exact) mass is 478 g/mol. The lowest BCUT2D eigenvalue weighted by Crippen LogP contribution is -2.40. The number of rotatable bonds is 5. The lowest BCUT2D eigenvalue weighted by molar-refractivity contribution is 0.567. The summed E-state index contributed by atoms with van der Waals surface area (Å²) in [6.07, 6.45) is 3.04. The molecule has 0 saturated carbocycles. The molecule has 0 spiro atoms. The summed E-state index contributed by atoms with van der Waals surface area (Å²) < 4.78 is 1.13. The zero-order valence-corrected chi connectivity index (χ0v) is 16.8. The van der Waals surface area contributed by atoms with E-state index in [0.717, 1.165) is 36.6 Å². The van der Waals surface area contributed by atoms with E-state index in [2.05, 4.69) is 67.3 Å². The van der Waals surface area contributed by atoms with E-state index in [4.69, 9.17) is 0 Å². The molecule has 1 aliphatic rings. The Hall–Kier alpha value is -0.760. The molecule has 0 aliphatic carbocycles. The lowest BCUT2D eigenvalue weighted by Gasteiger charge is -2.19. The predicted molar refractivity (Wildman–Crippen MR) is 109 cm³/mol. The van der Waals surface area contributed by atoms with Gasteiger partial charge in [0.2, 0.25) is 0 Å². The number of nitrogens with one attached hydrogen (secondary N) is 2. The van der Waals surface area contributed by atoms with Gasteiger partial charge in [-0.15, -0.1) is 30.6 Å². The normalized spacial score (nSPS) is 17.8. The number of hydrogen-bond donors (Lipinski definition) is 2. The van der Waals surface area contributed by atoms with E-state index < -0.39 is 0 Å². The number of benzene rings is 1. The van der Waals surface area contributed by atoms with Crippen LogP contribution in [0.4, 0.5) is 5.69 Å². The molecule has 1 saturated heterocycles. The topological polar surface area (TPSA) is 39.7 Å². The summed E-state index contributed by atoms with van der Waals surface area (Å²) in [5.74, 6) is 1.49. The van der Waals surface area contributed by atoms with Gasteiger partial charge in [-0.3, -0.25) is 4.99 Å². The first-order chi connectivity index (χ1) is 10.2. The van der Waals surface area contributed by atoms with E-state index >= 15 is 0 Å². The van der Waals surface area contributed by atoms with Crippen LogP contribution in [0.15, 0.2) is 46.4 Å². The Kier molecular flexibility index (Phi) is 8.85. The third-order valence-electron chi connectivity index (χ3n) is 3.65. The quantitative estimate of drug-likeness (QED) is 0.295. The third-order valence-corrected chi connectivity index (χ3v) is 4.15. The van der Waals surface area contributed by atoms with Gasteiger partial charge in [0.1, 0.15) is 0 Å². The molecule has 1 heterocycles. The SMILES string of the molecule is C=CCNC(=NC)NCC1CCN(c2cccc(Br)c2)C1.I. The van der Waals surface area contributed by atoms with Crippen LogP contribution in [0.25, 0.3) is 0 Å². The summed E-state index contributed by atoms with van der Waals surface area (Å²) in [6.45, 7) is 7.57. The van der Waals surface area contributed by atoms with Crippen LogP contribution in [0, 0.1) is 5.92 Å². The first kappa shape index (κ1) is 19.3. The molecule has 0 aromatic heterocycles. The average molecular weight is 479 g/mol. The maximum atomic E-state index is 4.20. The molecule has 0 radical (unpaired) electrons. The molecule has 1 aromatic rings. The summed E-state index contributed by atoms with van der Waals surface area (Å²) >= 11 is 3.54. The first-order valence-corrected chi connectivity index (χ1v) is 8.08. The van der Waals surface area contributed by atoms with E-state index in [0.29, 0.717) is 5.92 Å². The predicted octanol–water partition coefficient (Wildman–Crippen LogP) is 3.24.